The molecule has 3 rings (SSSR count). The van der Waals surface area contributed by atoms with Gasteiger partial charge in [-0.3, -0.25) is 0 Å². The lowest BCUT2D eigenvalue weighted by Crippen LogP contribution is -1.98. The summed E-state index contributed by atoms with van der Waals surface area (Å²) in [6.07, 6.45) is 1.50. The third-order valence-electron chi connectivity index (χ3n) is 2.38. The highest BCUT2D eigenvalue weighted by atomic mass is 16.5. The lowest BCUT2D eigenvalue weighted by Gasteiger charge is -2.05. The van der Waals surface area contributed by atoms with Gasteiger partial charge in [0.2, 0.25) is 5.82 Å². The molecule has 19 heavy (non-hydrogen) atoms. The highest BCUT2D eigenvalue weighted by Crippen LogP contribution is 2.21. The summed E-state index contributed by atoms with van der Waals surface area (Å²) in [5, 5.41) is 13.8. The number of nitrogens with zero attached hydrogens (tertiary/aromatic N) is 4. The van der Waals surface area contributed by atoms with Crippen LogP contribution in [-0.4, -0.2) is 25.6 Å². The minimum atomic E-state index is 0.138. The lowest BCUT2D eigenvalue weighted by atomic mass is 10.3. The minimum absolute atomic E-state index is 0.138. The van der Waals surface area contributed by atoms with Crippen LogP contribution in [0.1, 0.15) is 5.89 Å². The summed E-state index contributed by atoms with van der Waals surface area (Å²) in [6.45, 7) is 0.138. The third kappa shape index (κ3) is 2.37. The molecule has 2 heterocycles. The average Bonchev–Trinajstić information content (AvgIpc) is 3.09. The predicted octanol–water partition coefficient (Wildman–Crippen LogP) is 1.02. The molecule has 2 aromatic heterocycles. The smallest absolute Gasteiger partial charge is 0.264 e. The molecule has 0 unspecified atom stereocenters. The maximum absolute atomic E-state index is 5.75. The number of nitrogens with one attached hydrogen (secondary N) is 1. The first-order valence-electron chi connectivity index (χ1n) is 5.49. The number of benzene rings is 1. The standard InChI is InChI=1S/C11H10N6O2/c12-7-3-1-2-4-9(7)18-6-10-14-11(16-19-10)8-5-13-17-15-8/h1-5H,6,12H2,(H,13,15,17). The van der Waals surface area contributed by atoms with Gasteiger partial charge in [-0.05, 0) is 12.1 Å². The van der Waals surface area contributed by atoms with Gasteiger partial charge >= 0.3 is 0 Å². The van der Waals surface area contributed by atoms with E-state index in [9.17, 15) is 0 Å². The van der Waals surface area contributed by atoms with E-state index in [1.54, 1.807) is 12.1 Å². The molecule has 0 aliphatic carbocycles. The molecule has 3 aromatic rings. The van der Waals surface area contributed by atoms with E-state index in [1.807, 2.05) is 12.1 Å². The van der Waals surface area contributed by atoms with Crippen LogP contribution in [0, 0.1) is 0 Å². The van der Waals surface area contributed by atoms with E-state index in [1.165, 1.54) is 6.20 Å². The Balaban J connectivity index is 1.70. The molecule has 0 aliphatic rings. The van der Waals surface area contributed by atoms with Gasteiger partial charge in [-0.2, -0.15) is 20.4 Å². The summed E-state index contributed by atoms with van der Waals surface area (Å²) < 4.78 is 10.5. The summed E-state index contributed by atoms with van der Waals surface area (Å²) in [7, 11) is 0. The Morgan fingerprint density at radius 1 is 1.32 bits per heavy atom. The monoisotopic (exact) mass is 258 g/mol. The summed E-state index contributed by atoms with van der Waals surface area (Å²) in [5.41, 5.74) is 6.82. The number of aromatic amines is 1. The SMILES string of the molecule is Nc1ccccc1OCc1nc(-c2cn[nH]n2)no1. The molecule has 0 bridgehead atoms. The van der Waals surface area contributed by atoms with Crippen LogP contribution in [0.2, 0.25) is 0 Å². The second-order valence-corrected chi connectivity index (χ2v) is 3.69. The predicted molar refractivity (Wildman–Crippen MR) is 64.9 cm³/mol. The van der Waals surface area contributed by atoms with Crippen LogP contribution in [0.15, 0.2) is 35.0 Å². The molecule has 0 amide bonds. The molecule has 0 radical (unpaired) electrons. The second-order valence-electron chi connectivity index (χ2n) is 3.69. The number of nitrogen functional groups attached to an aromatic ring is 1. The summed E-state index contributed by atoms with van der Waals surface area (Å²) in [4.78, 5) is 4.13. The molecule has 3 N–H and O–H groups in total. The number of nitrogens with two attached hydrogens (primary N) is 1. The molecule has 0 spiro atoms. The maximum Gasteiger partial charge on any atom is 0.264 e. The van der Waals surface area contributed by atoms with Crippen molar-refractivity contribution < 1.29 is 9.26 Å². The zero-order valence-corrected chi connectivity index (χ0v) is 9.78. The first-order valence-corrected chi connectivity index (χ1v) is 5.49. The van der Waals surface area contributed by atoms with Crippen LogP contribution < -0.4 is 10.5 Å². The number of hydrogen-bond donors (Lipinski definition) is 2. The molecule has 8 heteroatoms. The van der Waals surface area contributed by atoms with Crippen molar-refractivity contribution >= 4 is 5.69 Å². The van der Waals surface area contributed by atoms with E-state index in [4.69, 9.17) is 15.0 Å². The number of aromatic nitrogens is 5. The van der Waals surface area contributed by atoms with Crippen molar-refractivity contribution in [1.82, 2.24) is 25.6 Å². The van der Waals surface area contributed by atoms with E-state index in [-0.39, 0.29) is 6.61 Å². The molecular formula is C11H10N6O2. The van der Waals surface area contributed by atoms with Crippen molar-refractivity contribution in [2.75, 3.05) is 5.73 Å². The molecule has 0 aliphatic heterocycles. The van der Waals surface area contributed by atoms with Crippen molar-refractivity contribution in [3.63, 3.8) is 0 Å². The van der Waals surface area contributed by atoms with Crippen LogP contribution in [0.5, 0.6) is 5.75 Å². The first-order chi connectivity index (χ1) is 9.33. The van der Waals surface area contributed by atoms with Crippen LogP contribution in [0.3, 0.4) is 0 Å². The Bertz CT molecular complexity index is 663. The first kappa shape index (κ1) is 11.2. The summed E-state index contributed by atoms with van der Waals surface area (Å²) in [5.74, 6) is 1.26. The van der Waals surface area contributed by atoms with Crippen LogP contribution in [0.25, 0.3) is 11.5 Å². The molecule has 0 atom stereocenters. The lowest BCUT2D eigenvalue weighted by molar-refractivity contribution is 0.244. The number of H-pyrrole nitrogens is 1. The van der Waals surface area contributed by atoms with Gasteiger partial charge in [0.25, 0.3) is 5.89 Å². The van der Waals surface area contributed by atoms with Crippen LogP contribution >= 0.6 is 0 Å². The van der Waals surface area contributed by atoms with E-state index < -0.39 is 0 Å². The number of hydrogen-bond acceptors (Lipinski definition) is 7. The fraction of sp³-hybridized carbons (Fsp3) is 0.0909. The van der Waals surface area contributed by atoms with Gasteiger partial charge in [0.05, 0.1) is 11.9 Å². The Morgan fingerprint density at radius 3 is 3.00 bits per heavy atom. The zero-order chi connectivity index (χ0) is 13.1. The molecule has 0 saturated heterocycles. The van der Waals surface area contributed by atoms with Crippen LogP contribution in [0.4, 0.5) is 5.69 Å². The van der Waals surface area contributed by atoms with E-state index in [0.717, 1.165) is 0 Å². The highest BCUT2D eigenvalue weighted by Gasteiger charge is 2.11. The van der Waals surface area contributed by atoms with Gasteiger partial charge < -0.3 is 15.0 Å². The summed E-state index contributed by atoms with van der Waals surface area (Å²) >= 11 is 0. The van der Waals surface area contributed by atoms with E-state index >= 15 is 0 Å². The van der Waals surface area contributed by atoms with Gasteiger partial charge in [0, 0.05) is 0 Å². The number of rotatable bonds is 4. The van der Waals surface area contributed by atoms with Crippen molar-refractivity contribution in [2.45, 2.75) is 6.61 Å². The maximum atomic E-state index is 5.75. The number of ether oxygens (including phenoxy) is 1. The van der Waals surface area contributed by atoms with Crippen LogP contribution in [-0.2, 0) is 6.61 Å². The van der Waals surface area contributed by atoms with Crippen molar-refractivity contribution in [1.29, 1.82) is 0 Å². The van der Waals surface area contributed by atoms with Crippen molar-refractivity contribution in [3.05, 3.63) is 36.4 Å². The molecule has 1 aromatic carbocycles. The number of anilines is 1. The Labute approximate surface area is 107 Å². The van der Waals surface area contributed by atoms with E-state index in [2.05, 4.69) is 25.6 Å². The topological polar surface area (TPSA) is 116 Å². The minimum Gasteiger partial charge on any atom is -0.482 e. The largest absolute Gasteiger partial charge is 0.482 e. The quantitative estimate of drug-likeness (QED) is 0.671. The molecular weight excluding hydrogens is 248 g/mol. The highest BCUT2D eigenvalue weighted by molar-refractivity contribution is 5.51. The fourth-order valence-electron chi connectivity index (χ4n) is 1.48. The zero-order valence-electron chi connectivity index (χ0n) is 9.78. The molecule has 0 saturated carbocycles. The van der Waals surface area contributed by atoms with E-state index in [0.29, 0.717) is 28.8 Å². The molecule has 0 fully saturated rings. The normalized spacial score (nSPS) is 10.5. The van der Waals surface area contributed by atoms with Crippen molar-refractivity contribution in [2.24, 2.45) is 0 Å². The molecule has 8 nitrogen and oxygen atoms in total. The van der Waals surface area contributed by atoms with Gasteiger partial charge in [-0.15, -0.1) is 0 Å². The Morgan fingerprint density at radius 2 is 2.21 bits per heavy atom. The van der Waals surface area contributed by atoms with Gasteiger partial charge in [0.1, 0.15) is 5.75 Å². The second kappa shape index (κ2) is 4.77. The van der Waals surface area contributed by atoms with Gasteiger partial charge in [0.15, 0.2) is 12.3 Å². The van der Waals surface area contributed by atoms with Gasteiger partial charge in [-0.1, -0.05) is 17.3 Å². The van der Waals surface area contributed by atoms with Gasteiger partial charge in [-0.25, -0.2) is 0 Å². The third-order valence-corrected chi connectivity index (χ3v) is 2.38. The average molecular weight is 258 g/mol. The van der Waals surface area contributed by atoms with Crippen molar-refractivity contribution in [3.8, 4) is 17.3 Å². The number of para-hydroxylation sites is 2. The Kier molecular flexibility index (Phi) is 2.81. The fourth-order valence-corrected chi connectivity index (χ4v) is 1.48. The molecule has 96 valence electrons. The Hall–Kier alpha value is -2.90. The summed E-state index contributed by atoms with van der Waals surface area (Å²) in [6, 6.07) is 7.19.